The summed E-state index contributed by atoms with van der Waals surface area (Å²) in [6.45, 7) is 12.4. The molecule has 2 aliphatic heterocycles. The van der Waals surface area contributed by atoms with Gasteiger partial charge in [-0.1, -0.05) is 25.7 Å². The summed E-state index contributed by atoms with van der Waals surface area (Å²) in [6, 6.07) is 0. The van der Waals surface area contributed by atoms with E-state index in [-0.39, 0.29) is 0 Å². The van der Waals surface area contributed by atoms with Crippen LogP contribution in [0.1, 0.15) is 64.7 Å². The van der Waals surface area contributed by atoms with Crippen LogP contribution in [-0.2, 0) is 0 Å². The number of rotatable bonds is 4. The van der Waals surface area contributed by atoms with Crippen molar-refractivity contribution >= 4 is 5.96 Å². The van der Waals surface area contributed by atoms with Crippen LogP contribution in [0.5, 0.6) is 0 Å². The average molecular weight is 378 g/mol. The summed E-state index contributed by atoms with van der Waals surface area (Å²) in [5, 5.41) is 3.60. The standard InChI is InChI=1S/C22H43N5/c1-3-23-21(24-13-17-26-15-9-14-25(2)18-19-26)27-16-8-12-22(20-27)10-6-4-5-7-11-22/h3-20H2,1-2H3,(H,23,24). The molecule has 0 aromatic rings. The molecule has 5 nitrogen and oxygen atoms in total. The van der Waals surface area contributed by atoms with Gasteiger partial charge in [0.2, 0.25) is 0 Å². The summed E-state index contributed by atoms with van der Waals surface area (Å²) in [4.78, 5) is 12.7. The Hall–Kier alpha value is -0.810. The highest BCUT2D eigenvalue weighted by atomic mass is 15.3. The minimum Gasteiger partial charge on any atom is -0.357 e. The number of piperidine rings is 1. The lowest BCUT2D eigenvalue weighted by atomic mass is 9.74. The molecule has 0 unspecified atom stereocenters. The van der Waals surface area contributed by atoms with E-state index in [1.54, 1.807) is 0 Å². The Morgan fingerprint density at radius 1 is 0.889 bits per heavy atom. The zero-order valence-corrected chi connectivity index (χ0v) is 18.0. The van der Waals surface area contributed by atoms with Crippen molar-refractivity contribution in [2.45, 2.75) is 64.7 Å². The highest BCUT2D eigenvalue weighted by molar-refractivity contribution is 5.80. The van der Waals surface area contributed by atoms with Crippen LogP contribution >= 0.6 is 0 Å². The van der Waals surface area contributed by atoms with Gasteiger partial charge in [0.1, 0.15) is 0 Å². The second kappa shape index (κ2) is 10.7. The third-order valence-electron chi connectivity index (χ3n) is 6.95. The minimum absolute atomic E-state index is 0.570. The maximum absolute atomic E-state index is 5.06. The number of nitrogens with zero attached hydrogens (tertiary/aromatic N) is 4. The summed E-state index contributed by atoms with van der Waals surface area (Å²) in [5.74, 6) is 1.17. The molecule has 3 rings (SSSR count). The van der Waals surface area contributed by atoms with E-state index in [2.05, 4.69) is 34.0 Å². The van der Waals surface area contributed by atoms with Crippen molar-refractivity contribution < 1.29 is 0 Å². The molecule has 1 spiro atoms. The normalized spacial score (nSPS) is 26.0. The van der Waals surface area contributed by atoms with Gasteiger partial charge < -0.3 is 20.0 Å². The van der Waals surface area contributed by atoms with Gasteiger partial charge in [-0.25, -0.2) is 0 Å². The molecular weight excluding hydrogens is 334 g/mol. The molecule has 1 aliphatic carbocycles. The molecule has 1 saturated carbocycles. The summed E-state index contributed by atoms with van der Waals surface area (Å²) in [7, 11) is 2.24. The van der Waals surface area contributed by atoms with E-state index in [4.69, 9.17) is 4.99 Å². The lowest BCUT2D eigenvalue weighted by Crippen LogP contribution is -2.50. The molecule has 0 atom stereocenters. The molecule has 1 N–H and O–H groups in total. The number of likely N-dealkylation sites (N-methyl/N-ethyl adjacent to an activating group) is 1. The van der Waals surface area contributed by atoms with Crippen molar-refractivity contribution in [1.29, 1.82) is 0 Å². The fourth-order valence-electron chi connectivity index (χ4n) is 5.32. The van der Waals surface area contributed by atoms with Crippen LogP contribution in [0.25, 0.3) is 0 Å². The van der Waals surface area contributed by atoms with Crippen LogP contribution in [0, 0.1) is 5.41 Å². The van der Waals surface area contributed by atoms with Crippen LogP contribution in [0.3, 0.4) is 0 Å². The lowest BCUT2D eigenvalue weighted by molar-refractivity contribution is 0.115. The van der Waals surface area contributed by atoms with Crippen molar-refractivity contribution in [3.8, 4) is 0 Å². The second-order valence-corrected chi connectivity index (χ2v) is 9.17. The quantitative estimate of drug-likeness (QED) is 0.603. The zero-order chi connectivity index (χ0) is 19.0. The molecule has 27 heavy (non-hydrogen) atoms. The molecule has 5 heteroatoms. The van der Waals surface area contributed by atoms with Crippen LogP contribution < -0.4 is 5.32 Å². The Kier molecular flexibility index (Phi) is 8.25. The number of nitrogens with one attached hydrogen (secondary N) is 1. The lowest BCUT2D eigenvalue weighted by Gasteiger charge is -2.44. The maximum atomic E-state index is 5.06. The number of hydrogen-bond donors (Lipinski definition) is 1. The molecular formula is C22H43N5. The van der Waals surface area contributed by atoms with Gasteiger partial charge in [0, 0.05) is 39.3 Å². The third-order valence-corrected chi connectivity index (χ3v) is 6.95. The first kappa shape index (κ1) is 20.9. The Labute approximate surface area is 167 Å². The van der Waals surface area contributed by atoms with Gasteiger partial charge in [-0.2, -0.15) is 0 Å². The van der Waals surface area contributed by atoms with Gasteiger partial charge in [-0.15, -0.1) is 0 Å². The van der Waals surface area contributed by atoms with Crippen molar-refractivity contribution in [3.05, 3.63) is 0 Å². The first-order valence-corrected chi connectivity index (χ1v) is 11.6. The molecule has 156 valence electrons. The van der Waals surface area contributed by atoms with Crippen LogP contribution in [0.4, 0.5) is 0 Å². The van der Waals surface area contributed by atoms with Gasteiger partial charge in [-0.3, -0.25) is 4.99 Å². The first-order chi connectivity index (χ1) is 13.2. The summed E-state index contributed by atoms with van der Waals surface area (Å²) < 4.78 is 0. The van der Waals surface area contributed by atoms with Crippen molar-refractivity contribution in [1.82, 2.24) is 20.0 Å². The molecule has 2 heterocycles. The molecule has 0 radical (unpaired) electrons. The van der Waals surface area contributed by atoms with Gasteiger partial charge in [0.25, 0.3) is 0 Å². The van der Waals surface area contributed by atoms with E-state index in [0.29, 0.717) is 5.41 Å². The van der Waals surface area contributed by atoms with Gasteiger partial charge in [0.15, 0.2) is 5.96 Å². The summed E-state index contributed by atoms with van der Waals surface area (Å²) in [6.07, 6.45) is 12.7. The monoisotopic (exact) mass is 377 g/mol. The fraction of sp³-hybridized carbons (Fsp3) is 0.955. The van der Waals surface area contributed by atoms with E-state index in [1.807, 2.05) is 0 Å². The SMILES string of the molecule is CCNC(=NCCN1CCCN(C)CC1)N1CCCC2(CCCCCC2)C1. The molecule has 2 saturated heterocycles. The fourth-order valence-corrected chi connectivity index (χ4v) is 5.32. The van der Waals surface area contributed by atoms with Gasteiger partial charge in [0.05, 0.1) is 6.54 Å². The van der Waals surface area contributed by atoms with E-state index in [1.165, 1.54) is 103 Å². The molecule has 0 aromatic heterocycles. The van der Waals surface area contributed by atoms with Gasteiger partial charge in [-0.05, 0) is 64.6 Å². The molecule has 0 bridgehead atoms. The summed E-state index contributed by atoms with van der Waals surface area (Å²) >= 11 is 0. The van der Waals surface area contributed by atoms with Gasteiger partial charge >= 0.3 is 0 Å². The van der Waals surface area contributed by atoms with E-state index in [9.17, 15) is 0 Å². The molecule has 0 amide bonds. The van der Waals surface area contributed by atoms with Crippen molar-refractivity contribution in [2.75, 3.05) is 66.0 Å². The Morgan fingerprint density at radius 3 is 2.44 bits per heavy atom. The van der Waals surface area contributed by atoms with Crippen molar-refractivity contribution in [2.24, 2.45) is 10.4 Å². The molecule has 3 aliphatic rings. The van der Waals surface area contributed by atoms with Crippen LogP contribution in [0.2, 0.25) is 0 Å². The number of guanidine groups is 1. The minimum atomic E-state index is 0.570. The number of likely N-dealkylation sites (tertiary alicyclic amines) is 1. The highest BCUT2D eigenvalue weighted by Crippen LogP contribution is 2.42. The smallest absolute Gasteiger partial charge is 0.193 e. The average Bonchev–Trinajstić information content (AvgIpc) is 3.02. The van der Waals surface area contributed by atoms with Crippen LogP contribution in [0.15, 0.2) is 4.99 Å². The van der Waals surface area contributed by atoms with Crippen LogP contribution in [-0.4, -0.2) is 86.6 Å². The number of hydrogen-bond acceptors (Lipinski definition) is 3. The maximum Gasteiger partial charge on any atom is 0.193 e. The van der Waals surface area contributed by atoms with Crippen molar-refractivity contribution in [3.63, 3.8) is 0 Å². The second-order valence-electron chi connectivity index (χ2n) is 9.17. The molecule has 0 aromatic carbocycles. The Bertz CT molecular complexity index is 456. The highest BCUT2D eigenvalue weighted by Gasteiger charge is 2.36. The Balaban J connectivity index is 1.55. The van der Waals surface area contributed by atoms with E-state index < -0.39 is 0 Å². The summed E-state index contributed by atoms with van der Waals surface area (Å²) in [5.41, 5.74) is 0.570. The Morgan fingerprint density at radius 2 is 1.67 bits per heavy atom. The van der Waals surface area contributed by atoms with E-state index >= 15 is 0 Å². The predicted molar refractivity (Wildman–Crippen MR) is 115 cm³/mol. The zero-order valence-electron chi connectivity index (χ0n) is 18.0. The first-order valence-electron chi connectivity index (χ1n) is 11.6. The topological polar surface area (TPSA) is 34.1 Å². The predicted octanol–water partition coefficient (Wildman–Crippen LogP) is 3.03. The molecule has 3 fully saturated rings. The third kappa shape index (κ3) is 6.35. The van der Waals surface area contributed by atoms with E-state index in [0.717, 1.165) is 19.6 Å². The number of aliphatic imine (C=N–C) groups is 1. The largest absolute Gasteiger partial charge is 0.357 e.